The Hall–Kier alpha value is -2.10. The first-order valence-corrected chi connectivity index (χ1v) is 6.59. The first-order valence-electron chi connectivity index (χ1n) is 6.59. The number of fused-ring (bicyclic) bond motifs is 1. The van der Waals surface area contributed by atoms with Crippen LogP contribution in [0.25, 0.3) is 0 Å². The van der Waals surface area contributed by atoms with Crippen molar-refractivity contribution in [3.8, 4) is 5.75 Å². The lowest BCUT2D eigenvalue weighted by molar-refractivity contribution is 0.288. The molecule has 0 saturated carbocycles. The van der Waals surface area contributed by atoms with E-state index in [1.165, 1.54) is 17.7 Å². The Bertz CT molecular complexity index is 642. The van der Waals surface area contributed by atoms with Gasteiger partial charge in [0, 0.05) is 24.9 Å². The molecule has 1 heterocycles. The third kappa shape index (κ3) is 2.33. The van der Waals surface area contributed by atoms with Crippen LogP contribution in [0.15, 0.2) is 36.4 Å². The zero-order chi connectivity index (χ0) is 14.1. The van der Waals surface area contributed by atoms with Gasteiger partial charge in [0.25, 0.3) is 0 Å². The van der Waals surface area contributed by atoms with Crippen LogP contribution in [0.3, 0.4) is 0 Å². The smallest absolute Gasteiger partial charge is 0.149 e. The second kappa shape index (κ2) is 5.12. The van der Waals surface area contributed by atoms with Crippen molar-refractivity contribution in [2.75, 3.05) is 18.6 Å². The van der Waals surface area contributed by atoms with Crippen LogP contribution in [-0.4, -0.2) is 13.7 Å². The highest BCUT2D eigenvalue weighted by atomic mass is 19.1. The van der Waals surface area contributed by atoms with Crippen molar-refractivity contribution >= 4 is 11.4 Å². The van der Waals surface area contributed by atoms with Crippen molar-refractivity contribution in [3.63, 3.8) is 0 Å². The number of nitrogens with zero attached hydrogens (tertiary/aromatic N) is 1. The van der Waals surface area contributed by atoms with E-state index in [0.717, 1.165) is 30.3 Å². The Morgan fingerprint density at radius 3 is 2.75 bits per heavy atom. The average molecular weight is 275 g/mol. The van der Waals surface area contributed by atoms with Crippen molar-refractivity contribution in [1.29, 1.82) is 0 Å². The number of benzene rings is 2. The van der Waals surface area contributed by atoms with E-state index >= 15 is 0 Å². The minimum Gasteiger partial charge on any atom is -0.493 e. The van der Waals surface area contributed by atoms with Crippen molar-refractivity contribution in [2.24, 2.45) is 0 Å². The monoisotopic (exact) mass is 275 g/mol. The molecule has 2 nitrogen and oxygen atoms in total. The molecule has 1 aliphatic heterocycles. The van der Waals surface area contributed by atoms with E-state index in [-0.39, 0.29) is 0 Å². The molecule has 2 aromatic carbocycles. The number of hydrogen-bond donors (Lipinski definition) is 0. The summed E-state index contributed by atoms with van der Waals surface area (Å²) in [6.45, 7) is 0.713. The molecule has 0 aromatic heterocycles. The lowest BCUT2D eigenvalue weighted by Gasteiger charge is -2.23. The van der Waals surface area contributed by atoms with Crippen LogP contribution < -0.4 is 9.64 Å². The molecule has 0 aliphatic carbocycles. The molecule has 2 aromatic rings. The molecule has 104 valence electrons. The van der Waals surface area contributed by atoms with Crippen LogP contribution in [0.4, 0.5) is 20.2 Å². The first-order chi connectivity index (χ1) is 9.65. The zero-order valence-electron chi connectivity index (χ0n) is 11.2. The topological polar surface area (TPSA) is 12.5 Å². The summed E-state index contributed by atoms with van der Waals surface area (Å²) in [4.78, 5) is 1.69. The number of anilines is 2. The van der Waals surface area contributed by atoms with Gasteiger partial charge in [-0.3, -0.25) is 0 Å². The minimum atomic E-state index is -0.578. The molecule has 0 saturated heterocycles. The average Bonchev–Trinajstić information content (AvgIpc) is 2.46. The maximum absolute atomic E-state index is 13.8. The molecule has 1 aliphatic rings. The molecule has 0 fully saturated rings. The summed E-state index contributed by atoms with van der Waals surface area (Å²) >= 11 is 0. The van der Waals surface area contributed by atoms with Gasteiger partial charge in [-0.2, -0.15) is 0 Å². The predicted octanol–water partition coefficient (Wildman–Crippen LogP) is 4.06. The molecule has 0 amide bonds. The fourth-order valence-electron chi connectivity index (χ4n) is 2.43. The summed E-state index contributed by atoms with van der Waals surface area (Å²) in [5.41, 5.74) is 2.33. The van der Waals surface area contributed by atoms with Gasteiger partial charge in [-0.1, -0.05) is 6.07 Å². The molecule has 0 atom stereocenters. The zero-order valence-corrected chi connectivity index (χ0v) is 11.2. The summed E-state index contributed by atoms with van der Waals surface area (Å²) in [5.74, 6) is -0.303. The SMILES string of the molecule is CN(c1ccc2c(c1)OCCC2)c1ccc(F)cc1F. The van der Waals surface area contributed by atoms with Gasteiger partial charge in [0.15, 0.2) is 0 Å². The lowest BCUT2D eigenvalue weighted by Crippen LogP contribution is -2.13. The van der Waals surface area contributed by atoms with Crippen LogP contribution >= 0.6 is 0 Å². The van der Waals surface area contributed by atoms with Gasteiger partial charge in [-0.25, -0.2) is 8.78 Å². The minimum absolute atomic E-state index is 0.335. The Kier molecular flexibility index (Phi) is 3.30. The normalized spacial score (nSPS) is 13.6. The van der Waals surface area contributed by atoms with E-state index in [4.69, 9.17) is 4.74 Å². The Labute approximate surface area is 116 Å². The van der Waals surface area contributed by atoms with Gasteiger partial charge < -0.3 is 9.64 Å². The second-order valence-electron chi connectivity index (χ2n) is 4.90. The quantitative estimate of drug-likeness (QED) is 0.819. The molecule has 0 N–H and O–H groups in total. The Morgan fingerprint density at radius 2 is 1.95 bits per heavy atom. The lowest BCUT2D eigenvalue weighted by atomic mass is 10.1. The number of rotatable bonds is 2. The molecule has 0 spiro atoms. The summed E-state index contributed by atoms with van der Waals surface area (Å²) in [5, 5.41) is 0. The summed E-state index contributed by atoms with van der Waals surface area (Å²) in [7, 11) is 1.75. The van der Waals surface area contributed by atoms with Gasteiger partial charge >= 0.3 is 0 Å². The van der Waals surface area contributed by atoms with Gasteiger partial charge in [0.05, 0.1) is 12.3 Å². The number of hydrogen-bond acceptors (Lipinski definition) is 2. The van der Waals surface area contributed by atoms with Crippen LogP contribution in [-0.2, 0) is 6.42 Å². The van der Waals surface area contributed by atoms with Crippen LogP contribution in [0, 0.1) is 11.6 Å². The molecule has 0 bridgehead atoms. The first kappa shape index (κ1) is 12.9. The van der Waals surface area contributed by atoms with Crippen LogP contribution in [0.2, 0.25) is 0 Å². The van der Waals surface area contributed by atoms with E-state index in [1.54, 1.807) is 11.9 Å². The third-order valence-electron chi connectivity index (χ3n) is 3.56. The third-order valence-corrected chi connectivity index (χ3v) is 3.56. The standard InChI is InChI=1S/C16H15F2NO/c1-19(15-7-5-12(17)9-14(15)18)13-6-4-11-3-2-8-20-16(11)10-13/h4-7,9-10H,2-3,8H2,1H3. The predicted molar refractivity (Wildman–Crippen MR) is 74.7 cm³/mol. The molecule has 0 radical (unpaired) electrons. The Balaban J connectivity index is 1.95. The molecular weight excluding hydrogens is 260 g/mol. The van der Waals surface area contributed by atoms with E-state index in [2.05, 4.69) is 0 Å². The molecule has 4 heteroatoms. The summed E-state index contributed by atoms with van der Waals surface area (Å²) < 4.78 is 32.4. The summed E-state index contributed by atoms with van der Waals surface area (Å²) in [6.07, 6.45) is 2.03. The van der Waals surface area contributed by atoms with E-state index in [1.807, 2.05) is 18.2 Å². The second-order valence-corrected chi connectivity index (χ2v) is 4.90. The molecular formula is C16H15F2NO. The molecule has 20 heavy (non-hydrogen) atoms. The number of ether oxygens (including phenoxy) is 1. The highest BCUT2D eigenvalue weighted by Gasteiger charge is 2.15. The Morgan fingerprint density at radius 1 is 1.10 bits per heavy atom. The number of halogens is 2. The largest absolute Gasteiger partial charge is 0.493 e. The maximum Gasteiger partial charge on any atom is 0.149 e. The van der Waals surface area contributed by atoms with Crippen LogP contribution in [0.1, 0.15) is 12.0 Å². The van der Waals surface area contributed by atoms with E-state index in [9.17, 15) is 8.78 Å². The highest BCUT2D eigenvalue weighted by Crippen LogP contribution is 2.33. The molecule has 0 unspecified atom stereocenters. The van der Waals surface area contributed by atoms with Gasteiger partial charge in [0.1, 0.15) is 17.4 Å². The van der Waals surface area contributed by atoms with Crippen molar-refractivity contribution in [2.45, 2.75) is 12.8 Å². The van der Waals surface area contributed by atoms with Gasteiger partial charge in [-0.15, -0.1) is 0 Å². The van der Waals surface area contributed by atoms with E-state index < -0.39 is 11.6 Å². The van der Waals surface area contributed by atoms with E-state index in [0.29, 0.717) is 12.3 Å². The fourth-order valence-corrected chi connectivity index (χ4v) is 2.43. The number of aryl methyl sites for hydroxylation is 1. The van der Waals surface area contributed by atoms with Crippen molar-refractivity contribution in [3.05, 3.63) is 53.6 Å². The maximum atomic E-state index is 13.8. The van der Waals surface area contributed by atoms with Gasteiger partial charge in [-0.05, 0) is 36.6 Å². The molecule has 3 rings (SSSR count). The van der Waals surface area contributed by atoms with Crippen molar-refractivity contribution in [1.82, 2.24) is 0 Å². The fraction of sp³-hybridized carbons (Fsp3) is 0.250. The highest BCUT2D eigenvalue weighted by molar-refractivity contribution is 5.65. The summed E-state index contributed by atoms with van der Waals surface area (Å²) in [6, 6.07) is 9.41. The van der Waals surface area contributed by atoms with Crippen LogP contribution in [0.5, 0.6) is 5.75 Å². The van der Waals surface area contributed by atoms with Gasteiger partial charge in [0.2, 0.25) is 0 Å². The van der Waals surface area contributed by atoms with Crippen molar-refractivity contribution < 1.29 is 13.5 Å².